The van der Waals surface area contributed by atoms with Crippen LogP contribution in [0.5, 0.6) is 0 Å². The van der Waals surface area contributed by atoms with E-state index in [0.29, 0.717) is 22.0 Å². The van der Waals surface area contributed by atoms with Gasteiger partial charge in [0.1, 0.15) is 5.82 Å². The fourth-order valence-corrected chi connectivity index (χ4v) is 2.92. The van der Waals surface area contributed by atoms with Gasteiger partial charge in [-0.2, -0.15) is 0 Å². The van der Waals surface area contributed by atoms with Crippen molar-refractivity contribution in [2.45, 2.75) is 32.1 Å². The van der Waals surface area contributed by atoms with Gasteiger partial charge >= 0.3 is 0 Å². The van der Waals surface area contributed by atoms with Crippen LogP contribution in [0.3, 0.4) is 0 Å². The summed E-state index contributed by atoms with van der Waals surface area (Å²) in [5.74, 6) is -0.0525. The van der Waals surface area contributed by atoms with Crippen molar-refractivity contribution in [1.29, 1.82) is 0 Å². The second-order valence-corrected chi connectivity index (χ2v) is 8.00. The maximum absolute atomic E-state index is 13.5. The maximum atomic E-state index is 13.5. The molecule has 0 bridgehead atoms. The molecule has 138 valence electrons. The molecular weight excluding hydrogens is 351 g/mol. The van der Waals surface area contributed by atoms with Gasteiger partial charge in [0.2, 0.25) is 11.8 Å². The Kier molecular flexibility index (Phi) is 6.80. The van der Waals surface area contributed by atoms with Gasteiger partial charge in [-0.3, -0.25) is 9.59 Å². The largest absolute Gasteiger partial charge is 0.326 e. The van der Waals surface area contributed by atoms with Crippen molar-refractivity contribution in [3.8, 4) is 0 Å². The van der Waals surface area contributed by atoms with Crippen LogP contribution in [0.1, 0.15) is 27.2 Å². The Balaban J connectivity index is 1.86. The van der Waals surface area contributed by atoms with Crippen molar-refractivity contribution >= 4 is 35.0 Å². The SMILES string of the molecule is CC(C)(C)C(=O)Nc1cccc(NC(=O)CCSc2ccccc2F)c1. The van der Waals surface area contributed by atoms with Gasteiger partial charge in [0.25, 0.3) is 0 Å². The number of halogens is 1. The lowest BCUT2D eigenvalue weighted by molar-refractivity contribution is -0.123. The smallest absolute Gasteiger partial charge is 0.229 e. The minimum absolute atomic E-state index is 0.0951. The molecular formula is C20H23FN2O2S. The fraction of sp³-hybridized carbons (Fsp3) is 0.300. The van der Waals surface area contributed by atoms with Crippen molar-refractivity contribution in [3.05, 3.63) is 54.3 Å². The first kappa shape index (κ1) is 20.0. The number of nitrogens with one attached hydrogen (secondary N) is 2. The number of anilines is 2. The Morgan fingerprint density at radius 2 is 1.65 bits per heavy atom. The lowest BCUT2D eigenvalue weighted by Gasteiger charge is -2.18. The summed E-state index contributed by atoms with van der Waals surface area (Å²) in [6, 6.07) is 13.5. The van der Waals surface area contributed by atoms with Crippen molar-refractivity contribution in [3.63, 3.8) is 0 Å². The average molecular weight is 374 g/mol. The minimum Gasteiger partial charge on any atom is -0.326 e. The van der Waals surface area contributed by atoms with Gasteiger partial charge in [-0.1, -0.05) is 39.0 Å². The molecule has 2 aromatic rings. The number of rotatable bonds is 6. The van der Waals surface area contributed by atoms with Crippen molar-refractivity contribution in [2.75, 3.05) is 16.4 Å². The van der Waals surface area contributed by atoms with Crippen LogP contribution in [0.25, 0.3) is 0 Å². The molecule has 0 aliphatic heterocycles. The molecule has 0 radical (unpaired) electrons. The fourth-order valence-electron chi connectivity index (χ4n) is 2.03. The van der Waals surface area contributed by atoms with Crippen LogP contribution in [0.4, 0.5) is 15.8 Å². The molecule has 0 saturated carbocycles. The van der Waals surface area contributed by atoms with E-state index in [2.05, 4.69) is 10.6 Å². The molecule has 6 heteroatoms. The number of carbonyl (C=O) groups is 2. The van der Waals surface area contributed by atoms with Gasteiger partial charge in [0.15, 0.2) is 0 Å². The summed E-state index contributed by atoms with van der Waals surface area (Å²) in [5, 5.41) is 5.63. The second-order valence-electron chi connectivity index (χ2n) is 6.86. The first-order valence-corrected chi connectivity index (χ1v) is 9.33. The van der Waals surface area contributed by atoms with Crippen molar-refractivity contribution in [2.24, 2.45) is 5.41 Å². The van der Waals surface area contributed by atoms with E-state index in [1.54, 1.807) is 42.5 Å². The molecule has 0 saturated heterocycles. The summed E-state index contributed by atoms with van der Waals surface area (Å²) in [5.41, 5.74) is 0.740. The molecule has 0 unspecified atom stereocenters. The van der Waals surface area contributed by atoms with E-state index < -0.39 is 5.41 Å². The molecule has 0 atom stereocenters. The van der Waals surface area contributed by atoms with E-state index in [4.69, 9.17) is 0 Å². The van der Waals surface area contributed by atoms with Crippen molar-refractivity contribution < 1.29 is 14.0 Å². The van der Waals surface area contributed by atoms with Crippen LogP contribution in [0, 0.1) is 11.2 Å². The van der Waals surface area contributed by atoms with Crippen molar-refractivity contribution in [1.82, 2.24) is 0 Å². The Labute approximate surface area is 157 Å². The number of thioether (sulfide) groups is 1. The van der Waals surface area contributed by atoms with Gasteiger partial charge in [0, 0.05) is 33.9 Å². The Hall–Kier alpha value is -2.34. The first-order chi connectivity index (χ1) is 12.3. The van der Waals surface area contributed by atoms with E-state index in [-0.39, 0.29) is 24.1 Å². The molecule has 0 aliphatic carbocycles. The van der Waals surface area contributed by atoms with Crippen LogP contribution >= 0.6 is 11.8 Å². The zero-order chi connectivity index (χ0) is 19.2. The highest BCUT2D eigenvalue weighted by atomic mass is 32.2. The topological polar surface area (TPSA) is 58.2 Å². The molecule has 0 heterocycles. The predicted octanol–water partition coefficient (Wildman–Crippen LogP) is 4.93. The van der Waals surface area contributed by atoms with Gasteiger partial charge in [0.05, 0.1) is 0 Å². The molecule has 0 fully saturated rings. The molecule has 2 amide bonds. The van der Waals surface area contributed by atoms with E-state index in [1.165, 1.54) is 17.8 Å². The quantitative estimate of drug-likeness (QED) is 0.705. The van der Waals surface area contributed by atoms with Crippen LogP contribution < -0.4 is 10.6 Å². The first-order valence-electron chi connectivity index (χ1n) is 8.34. The lowest BCUT2D eigenvalue weighted by atomic mass is 9.95. The third kappa shape index (κ3) is 6.19. The van der Waals surface area contributed by atoms with Crippen LogP contribution in [-0.2, 0) is 9.59 Å². The summed E-state index contributed by atoms with van der Waals surface area (Å²) in [4.78, 5) is 24.6. The molecule has 2 N–H and O–H groups in total. The normalized spacial score (nSPS) is 11.1. The monoisotopic (exact) mass is 374 g/mol. The molecule has 26 heavy (non-hydrogen) atoms. The van der Waals surface area contributed by atoms with E-state index in [0.717, 1.165) is 0 Å². The zero-order valence-electron chi connectivity index (χ0n) is 15.1. The van der Waals surface area contributed by atoms with E-state index in [9.17, 15) is 14.0 Å². The highest BCUT2D eigenvalue weighted by Gasteiger charge is 2.21. The maximum Gasteiger partial charge on any atom is 0.229 e. The molecule has 2 aromatic carbocycles. The van der Waals surface area contributed by atoms with Crippen LogP contribution in [0.15, 0.2) is 53.4 Å². The third-order valence-electron chi connectivity index (χ3n) is 3.51. The summed E-state index contributed by atoms with van der Waals surface area (Å²) in [7, 11) is 0. The number of benzene rings is 2. The zero-order valence-corrected chi connectivity index (χ0v) is 16.0. The van der Waals surface area contributed by atoms with Gasteiger partial charge in [-0.05, 0) is 30.3 Å². The molecule has 4 nitrogen and oxygen atoms in total. The lowest BCUT2D eigenvalue weighted by Crippen LogP contribution is -2.27. The highest BCUT2D eigenvalue weighted by molar-refractivity contribution is 7.99. The standard InChI is InChI=1S/C20H23FN2O2S/c1-20(2,3)19(25)23-15-8-6-7-14(13-15)22-18(24)11-12-26-17-10-5-4-9-16(17)21/h4-10,13H,11-12H2,1-3H3,(H,22,24)(H,23,25). The number of hydrogen-bond acceptors (Lipinski definition) is 3. The Morgan fingerprint density at radius 1 is 1.00 bits per heavy atom. The van der Waals surface area contributed by atoms with Crippen LogP contribution in [0.2, 0.25) is 0 Å². The predicted molar refractivity (Wildman–Crippen MR) is 105 cm³/mol. The third-order valence-corrected chi connectivity index (χ3v) is 4.56. The van der Waals surface area contributed by atoms with Gasteiger partial charge in [-0.15, -0.1) is 11.8 Å². The molecule has 0 spiro atoms. The summed E-state index contributed by atoms with van der Waals surface area (Å²) in [6.07, 6.45) is 0.261. The van der Waals surface area contributed by atoms with E-state index in [1.807, 2.05) is 20.8 Å². The summed E-state index contributed by atoms with van der Waals surface area (Å²) in [6.45, 7) is 5.50. The average Bonchev–Trinajstić information content (AvgIpc) is 2.56. The van der Waals surface area contributed by atoms with Crippen LogP contribution in [-0.4, -0.2) is 17.6 Å². The molecule has 2 rings (SSSR count). The minimum atomic E-state index is -0.497. The summed E-state index contributed by atoms with van der Waals surface area (Å²) < 4.78 is 13.5. The second kappa shape index (κ2) is 8.85. The summed E-state index contributed by atoms with van der Waals surface area (Å²) >= 11 is 1.31. The van der Waals surface area contributed by atoms with Gasteiger partial charge < -0.3 is 10.6 Å². The molecule has 0 aliphatic rings. The Morgan fingerprint density at radius 3 is 2.31 bits per heavy atom. The molecule has 0 aromatic heterocycles. The highest BCUT2D eigenvalue weighted by Crippen LogP contribution is 2.23. The number of hydrogen-bond donors (Lipinski definition) is 2. The Bertz CT molecular complexity index is 787. The van der Waals surface area contributed by atoms with E-state index >= 15 is 0 Å². The van der Waals surface area contributed by atoms with Gasteiger partial charge in [-0.25, -0.2) is 4.39 Å². The number of carbonyl (C=O) groups excluding carboxylic acids is 2. The number of amides is 2.